The summed E-state index contributed by atoms with van der Waals surface area (Å²) in [6.45, 7) is 7.63. The molecule has 0 radical (unpaired) electrons. The van der Waals surface area contributed by atoms with E-state index in [-0.39, 0.29) is 0 Å². The first-order valence-electron chi connectivity index (χ1n) is 4.84. The smallest absolute Gasteiger partial charge is 0.173 e. The van der Waals surface area contributed by atoms with Gasteiger partial charge in [0.1, 0.15) is 5.82 Å². The Labute approximate surface area is 79.5 Å². The van der Waals surface area contributed by atoms with Crippen molar-refractivity contribution in [1.29, 1.82) is 0 Å². The largest absolute Gasteiger partial charge is 0.252 e. The molecule has 13 heavy (non-hydrogen) atoms. The van der Waals surface area contributed by atoms with Gasteiger partial charge in [0.2, 0.25) is 0 Å². The van der Waals surface area contributed by atoms with Crippen LogP contribution in [-0.4, -0.2) is 14.8 Å². The molecule has 0 aliphatic heterocycles. The maximum Gasteiger partial charge on any atom is 0.173 e. The molecule has 0 saturated heterocycles. The standard InChI is InChI=1S/C8H11N3.C2H6/c1-3-7-9-8(6-4-5-6)11(2)10-7;1-2/h3,6H,1,4-5H2,2H3;1-2H3. The average molecular weight is 179 g/mol. The van der Waals surface area contributed by atoms with Crippen LogP contribution in [0.15, 0.2) is 6.58 Å². The van der Waals surface area contributed by atoms with Gasteiger partial charge in [0.25, 0.3) is 0 Å². The van der Waals surface area contributed by atoms with Crippen molar-refractivity contribution >= 4 is 6.08 Å². The molecule has 0 spiro atoms. The summed E-state index contributed by atoms with van der Waals surface area (Å²) in [7, 11) is 1.94. The maximum atomic E-state index is 4.32. The van der Waals surface area contributed by atoms with Gasteiger partial charge in [-0.25, -0.2) is 4.98 Å². The molecule has 0 bridgehead atoms. The molecule has 1 fully saturated rings. The van der Waals surface area contributed by atoms with Gasteiger partial charge in [-0.1, -0.05) is 20.4 Å². The van der Waals surface area contributed by atoms with E-state index in [2.05, 4.69) is 16.7 Å². The Balaban J connectivity index is 0.000000396. The van der Waals surface area contributed by atoms with E-state index in [1.165, 1.54) is 12.8 Å². The number of nitrogens with zero attached hydrogens (tertiary/aromatic N) is 3. The lowest BCUT2D eigenvalue weighted by Crippen LogP contribution is -1.96. The van der Waals surface area contributed by atoms with Crippen molar-refractivity contribution in [2.45, 2.75) is 32.6 Å². The van der Waals surface area contributed by atoms with Gasteiger partial charge in [-0.15, -0.1) is 0 Å². The molecule has 3 nitrogen and oxygen atoms in total. The number of hydrogen-bond donors (Lipinski definition) is 0. The fraction of sp³-hybridized carbons (Fsp3) is 0.600. The molecule has 1 aromatic rings. The van der Waals surface area contributed by atoms with Crippen LogP contribution < -0.4 is 0 Å². The van der Waals surface area contributed by atoms with Crippen molar-refractivity contribution in [2.75, 3.05) is 0 Å². The molecule has 1 aliphatic rings. The molecule has 1 heterocycles. The molecule has 1 saturated carbocycles. The highest BCUT2D eigenvalue weighted by molar-refractivity contribution is 5.35. The molecule has 1 aromatic heterocycles. The van der Waals surface area contributed by atoms with Gasteiger partial charge < -0.3 is 0 Å². The molecule has 0 amide bonds. The van der Waals surface area contributed by atoms with Crippen molar-refractivity contribution < 1.29 is 0 Å². The second-order valence-electron chi connectivity index (χ2n) is 2.93. The minimum Gasteiger partial charge on any atom is -0.252 e. The highest BCUT2D eigenvalue weighted by Crippen LogP contribution is 2.38. The third kappa shape index (κ3) is 2.17. The summed E-state index contributed by atoms with van der Waals surface area (Å²) in [6, 6.07) is 0. The van der Waals surface area contributed by atoms with Crippen molar-refractivity contribution in [2.24, 2.45) is 7.05 Å². The minimum absolute atomic E-state index is 0.668. The normalized spacial score (nSPS) is 14.7. The summed E-state index contributed by atoms with van der Waals surface area (Å²) in [5.74, 6) is 2.52. The van der Waals surface area contributed by atoms with E-state index < -0.39 is 0 Å². The monoisotopic (exact) mass is 179 g/mol. The second-order valence-corrected chi connectivity index (χ2v) is 2.93. The van der Waals surface area contributed by atoms with Gasteiger partial charge in [-0.3, -0.25) is 4.68 Å². The fourth-order valence-corrected chi connectivity index (χ4v) is 1.20. The zero-order valence-corrected chi connectivity index (χ0v) is 8.62. The van der Waals surface area contributed by atoms with Crippen molar-refractivity contribution in [3.8, 4) is 0 Å². The van der Waals surface area contributed by atoms with E-state index in [4.69, 9.17) is 0 Å². The third-order valence-electron chi connectivity index (χ3n) is 1.94. The van der Waals surface area contributed by atoms with E-state index >= 15 is 0 Å². The summed E-state index contributed by atoms with van der Waals surface area (Å²) < 4.78 is 1.86. The Morgan fingerprint density at radius 1 is 1.46 bits per heavy atom. The van der Waals surface area contributed by atoms with E-state index in [9.17, 15) is 0 Å². The molecule has 3 heteroatoms. The van der Waals surface area contributed by atoms with Crippen molar-refractivity contribution in [1.82, 2.24) is 14.8 Å². The lowest BCUT2D eigenvalue weighted by atomic mass is 10.4. The number of hydrogen-bond acceptors (Lipinski definition) is 2. The van der Waals surface area contributed by atoms with Crippen molar-refractivity contribution in [3.63, 3.8) is 0 Å². The third-order valence-corrected chi connectivity index (χ3v) is 1.94. The summed E-state index contributed by atoms with van der Waals surface area (Å²) in [5, 5.41) is 4.18. The summed E-state index contributed by atoms with van der Waals surface area (Å²) in [5.41, 5.74) is 0. The molecule has 72 valence electrons. The first-order valence-corrected chi connectivity index (χ1v) is 4.84. The highest BCUT2D eigenvalue weighted by atomic mass is 15.3. The number of aromatic nitrogens is 3. The van der Waals surface area contributed by atoms with Gasteiger partial charge in [0, 0.05) is 13.0 Å². The van der Waals surface area contributed by atoms with Crippen LogP contribution in [0.5, 0.6) is 0 Å². The topological polar surface area (TPSA) is 30.7 Å². The second kappa shape index (κ2) is 4.21. The Morgan fingerprint density at radius 2 is 2.08 bits per heavy atom. The van der Waals surface area contributed by atoms with Crippen LogP contribution in [0.25, 0.3) is 6.08 Å². The quantitative estimate of drug-likeness (QED) is 0.697. The predicted octanol–water partition coefficient (Wildman–Crippen LogP) is 2.36. The van der Waals surface area contributed by atoms with Gasteiger partial charge >= 0.3 is 0 Å². The van der Waals surface area contributed by atoms with Gasteiger partial charge in [-0.2, -0.15) is 5.10 Å². The Morgan fingerprint density at radius 3 is 2.46 bits per heavy atom. The highest BCUT2D eigenvalue weighted by Gasteiger charge is 2.28. The van der Waals surface area contributed by atoms with E-state index in [1.54, 1.807) is 6.08 Å². The first kappa shape index (κ1) is 9.96. The molecule has 0 N–H and O–H groups in total. The molecular weight excluding hydrogens is 162 g/mol. The molecular formula is C10H17N3. The van der Waals surface area contributed by atoms with Gasteiger partial charge in [0.15, 0.2) is 5.82 Å². The van der Waals surface area contributed by atoms with Crippen LogP contribution in [0.2, 0.25) is 0 Å². The van der Waals surface area contributed by atoms with Crippen LogP contribution in [0.3, 0.4) is 0 Å². The van der Waals surface area contributed by atoms with Gasteiger partial charge in [-0.05, 0) is 18.9 Å². The Hall–Kier alpha value is -1.12. The van der Waals surface area contributed by atoms with Crippen LogP contribution in [-0.2, 0) is 7.05 Å². The average Bonchev–Trinajstić information content (AvgIpc) is 2.94. The summed E-state index contributed by atoms with van der Waals surface area (Å²) in [6.07, 6.45) is 4.22. The SMILES string of the molecule is C=Cc1nc(C2CC2)n(C)n1.CC. The lowest BCUT2D eigenvalue weighted by molar-refractivity contribution is 0.703. The minimum atomic E-state index is 0.668. The summed E-state index contributed by atoms with van der Waals surface area (Å²) in [4.78, 5) is 4.32. The van der Waals surface area contributed by atoms with E-state index in [1.807, 2.05) is 25.6 Å². The summed E-state index contributed by atoms with van der Waals surface area (Å²) >= 11 is 0. The zero-order valence-electron chi connectivity index (χ0n) is 8.62. The molecule has 2 rings (SSSR count). The Bertz CT molecular complexity index is 284. The van der Waals surface area contributed by atoms with E-state index in [0.717, 1.165) is 11.6 Å². The molecule has 0 atom stereocenters. The fourth-order valence-electron chi connectivity index (χ4n) is 1.20. The van der Waals surface area contributed by atoms with Gasteiger partial charge in [0.05, 0.1) is 0 Å². The van der Waals surface area contributed by atoms with Crippen molar-refractivity contribution in [3.05, 3.63) is 18.2 Å². The lowest BCUT2D eigenvalue weighted by Gasteiger charge is -1.92. The van der Waals surface area contributed by atoms with Crippen LogP contribution >= 0.6 is 0 Å². The molecule has 0 aromatic carbocycles. The van der Waals surface area contributed by atoms with Crippen LogP contribution in [0.1, 0.15) is 44.3 Å². The first-order chi connectivity index (χ1) is 6.31. The zero-order chi connectivity index (χ0) is 9.84. The van der Waals surface area contributed by atoms with E-state index in [0.29, 0.717) is 5.92 Å². The number of rotatable bonds is 2. The van der Waals surface area contributed by atoms with Crippen LogP contribution in [0, 0.1) is 0 Å². The van der Waals surface area contributed by atoms with Crippen LogP contribution in [0.4, 0.5) is 0 Å². The molecule has 0 unspecified atom stereocenters. The molecule has 1 aliphatic carbocycles. The Kier molecular flexibility index (Phi) is 3.23. The predicted molar refractivity (Wildman–Crippen MR) is 54.4 cm³/mol. The maximum absolute atomic E-state index is 4.32. The number of aryl methyl sites for hydroxylation is 1.